The van der Waals surface area contributed by atoms with Crippen molar-refractivity contribution in [1.82, 2.24) is 5.32 Å². The van der Waals surface area contributed by atoms with Crippen LogP contribution < -0.4 is 5.32 Å². The van der Waals surface area contributed by atoms with E-state index in [1.54, 1.807) is 26.0 Å². The van der Waals surface area contributed by atoms with E-state index in [-0.39, 0.29) is 63.1 Å². The van der Waals surface area contributed by atoms with E-state index in [9.17, 15) is 117 Å². The largest absolute Gasteiger partial charge is 0.462 e. The van der Waals surface area contributed by atoms with E-state index < -0.39 is 360 Å². The van der Waals surface area contributed by atoms with Crippen molar-refractivity contribution in [3.63, 3.8) is 0 Å². The Morgan fingerprint density at radius 2 is 1.12 bits per heavy atom. The molecule has 14 rings (SSSR count). The maximum absolute atomic E-state index is 16.4. The molecule has 21 N–H and O–H groups in total. The fourth-order valence-corrected chi connectivity index (χ4v) is 25.1. The zero-order valence-corrected chi connectivity index (χ0v) is 83.1. The van der Waals surface area contributed by atoms with Gasteiger partial charge in [0.2, 0.25) is 12.2 Å². The number of carbonyl (C=O) groups excluding carboxylic acids is 4. The Morgan fingerprint density at radius 3 is 1.80 bits per heavy atom. The van der Waals surface area contributed by atoms with Crippen LogP contribution in [-0.4, -0.2) is 411 Å². The number of carbonyl (C=O) groups is 4. The Labute approximate surface area is 826 Å². The van der Waals surface area contributed by atoms with Crippen molar-refractivity contribution in [1.29, 1.82) is 0 Å². The molecule has 1 aromatic rings. The van der Waals surface area contributed by atoms with E-state index in [0.29, 0.717) is 51.4 Å². The second kappa shape index (κ2) is 46.0. The molecule has 142 heavy (non-hydrogen) atoms. The zero-order chi connectivity index (χ0) is 103. The minimum atomic E-state index is -2.16. The summed E-state index contributed by atoms with van der Waals surface area (Å²) < 4.78 is 111. The molecule has 4 saturated carbocycles. The Hall–Kier alpha value is -4.40. The van der Waals surface area contributed by atoms with Crippen molar-refractivity contribution in [3.05, 3.63) is 47.5 Å². The average molecular weight is 2030 g/mol. The van der Waals surface area contributed by atoms with Crippen LogP contribution in [0.2, 0.25) is 0 Å². The van der Waals surface area contributed by atoms with Crippen LogP contribution >= 0.6 is 0 Å². The second-order valence-corrected chi connectivity index (χ2v) is 44.5. The van der Waals surface area contributed by atoms with Crippen LogP contribution in [0.1, 0.15) is 192 Å². The Morgan fingerprint density at radius 1 is 0.542 bits per heavy atom. The molecule has 8 heterocycles. The minimum absolute atomic E-state index is 0.0228. The molecular formula is C99H157NO42. The molecule has 0 bridgehead atoms. The molecule has 5 aliphatic carbocycles. The fraction of sp³-hybridized carbons (Fsp3) is 0.879. The maximum atomic E-state index is 16.4. The van der Waals surface area contributed by atoms with Crippen LogP contribution in [0.15, 0.2) is 42.0 Å². The van der Waals surface area contributed by atoms with Gasteiger partial charge in [-0.1, -0.05) is 131 Å². The van der Waals surface area contributed by atoms with Gasteiger partial charge in [-0.3, -0.25) is 14.4 Å². The van der Waals surface area contributed by atoms with Gasteiger partial charge in [-0.25, -0.2) is 0 Å². The minimum Gasteiger partial charge on any atom is -0.462 e. The predicted octanol–water partition coefficient (Wildman–Crippen LogP) is -2.07. The van der Waals surface area contributed by atoms with Crippen LogP contribution in [0.25, 0.3) is 0 Å². The SMILES string of the molecule is CC[C@H](C)[C@H](C[C@H](O)CC(=O)N[C@@H]1C(O)C(O[C@@H]2OC(C)[C@H](O[C@@H]3OC[C@@H](O)C(O[C@@H]4OC[C@@](O)(COCc5ccccc5)C4O)C3O)C(O)C2O)[C@H](OC(=O)[C@]23CCC(C)(C)CC2C2=CCC4C5(C)CC[C@H](O[C@@H]6OC[C@@H](C)[C@H](O[C@@H]7OC[C@@H](O)[C@H](O)C7O)C6O[C@@H]6OC(CO)[C@H](O)[C@H](O)C6O)C(C)(C=O)[C@@H]5CCC4(C)C2(C)C[C@H]3O)O[C@@H]1C)OC(=O)C[C@@H](O)C[C@H](O[C@@H]1OC(CO)C(O)C1O)[C@@H](C)CC. The van der Waals surface area contributed by atoms with E-state index in [0.717, 1.165) is 17.4 Å². The molecular weight excluding hydrogens is 1880 g/mol. The first-order valence-corrected chi connectivity index (χ1v) is 50.7. The number of hydrogen-bond acceptors (Lipinski definition) is 42. The smallest absolute Gasteiger partial charge is 0.317 e. The molecule has 21 unspecified atom stereocenters. The summed E-state index contributed by atoms with van der Waals surface area (Å²) in [5, 5.41) is 229. The van der Waals surface area contributed by atoms with Crippen molar-refractivity contribution in [3.8, 4) is 0 Å². The van der Waals surface area contributed by atoms with Gasteiger partial charge in [-0.15, -0.1) is 0 Å². The number of benzene rings is 1. The summed E-state index contributed by atoms with van der Waals surface area (Å²) in [6.45, 7) is 21.2. The number of amides is 1. The number of aliphatic hydroxyl groups is 20. The van der Waals surface area contributed by atoms with Crippen molar-refractivity contribution in [2.75, 3.05) is 46.2 Å². The lowest BCUT2D eigenvalue weighted by Gasteiger charge is -2.71. The van der Waals surface area contributed by atoms with Crippen molar-refractivity contribution in [2.24, 2.45) is 68.0 Å². The molecule has 13 aliphatic rings. The van der Waals surface area contributed by atoms with Gasteiger partial charge in [0, 0.05) is 18.8 Å². The number of allylic oxidation sites excluding steroid dienone is 2. The molecule has 1 aromatic carbocycles. The van der Waals surface area contributed by atoms with Crippen molar-refractivity contribution >= 4 is 24.1 Å². The summed E-state index contributed by atoms with van der Waals surface area (Å²) in [5.74, 6) is -5.28. The Kier molecular flexibility index (Phi) is 36.7. The van der Waals surface area contributed by atoms with Gasteiger partial charge in [-0.05, 0) is 128 Å². The molecule has 8 aliphatic heterocycles. The lowest BCUT2D eigenvalue weighted by molar-refractivity contribution is -0.380. The normalized spacial score (nSPS) is 47.2. The van der Waals surface area contributed by atoms with Gasteiger partial charge in [0.25, 0.3) is 0 Å². The first-order chi connectivity index (χ1) is 67.0. The average Bonchev–Trinajstić information content (AvgIpc) is 0.748. The number of hydrogen-bond donors (Lipinski definition) is 21. The lowest BCUT2D eigenvalue weighted by atomic mass is 9.33. The van der Waals surface area contributed by atoms with Gasteiger partial charge in [0.1, 0.15) is 139 Å². The zero-order valence-electron chi connectivity index (χ0n) is 83.1. The number of fused-ring (bicyclic) bond motifs is 7. The summed E-state index contributed by atoms with van der Waals surface area (Å²) in [6, 6.07) is 7.53. The van der Waals surface area contributed by atoms with Gasteiger partial charge in [0.05, 0.1) is 126 Å². The highest BCUT2D eigenvalue weighted by molar-refractivity contribution is 5.80. The number of ether oxygens (including phenoxy) is 18. The van der Waals surface area contributed by atoms with Crippen LogP contribution in [0.5, 0.6) is 0 Å². The van der Waals surface area contributed by atoms with E-state index >= 15 is 4.79 Å². The van der Waals surface area contributed by atoms with Gasteiger partial charge >= 0.3 is 11.9 Å². The molecule has 43 heteroatoms. The van der Waals surface area contributed by atoms with Crippen LogP contribution in [0.4, 0.5) is 0 Å². The highest BCUT2D eigenvalue weighted by Gasteiger charge is 2.74. The second-order valence-electron chi connectivity index (χ2n) is 44.5. The number of rotatable bonds is 37. The molecule has 12 fully saturated rings. The molecule has 8 saturated heterocycles. The quantitative estimate of drug-likeness (QED) is 0.0147. The van der Waals surface area contributed by atoms with Gasteiger partial charge in [-0.2, -0.15) is 0 Å². The van der Waals surface area contributed by atoms with E-state index in [4.69, 9.17) is 85.3 Å². The topological polar surface area (TPSA) is 651 Å². The van der Waals surface area contributed by atoms with Crippen molar-refractivity contribution < 1.29 is 207 Å². The standard InChI is InChI=1S/C99H157NO42/c1-14-44(3)56(132-65(110)32-51(105)30-57(45(4)15-2)133-87-74(118)69(113)59(36-102)134-87)29-50(104)31-64(109)100-66-47(6)130-90(81(70(66)114)140-86-76(120)72(116)79(48(7)131-86)138-85-77(121)80(55(107)40-128-85)139-91-83(122)98(124,43-129-91)42-125-38-49-19-17-16-18-20-49)142-92(123)99-28-27-93(8,9)33-53(99)52-21-22-61-94(10)25-24-63(95(11,41-103)60(94)23-26-96(61,12)97(52,13)34-62(99)108)136-89-82(141-88-75(119)71(115)68(112)58(35-101)135-88)78(46(5)37-126-89)137-84-73(117)67(111)54(106)39-127-84/h16-21,41,44-48,50-51,53-63,66-91,101-102,104-108,111-122,124H,14-15,22-40,42-43H2,1-13H3,(H,100,109)/t44-,45-,46+,47+,48?,50-,51-,53?,54+,55+,56-,57-,58?,59?,60+,61?,62+,63-,66-,67-,68-,69?,70?,71-,72?,73?,74?,75?,76?,77?,78-,79-,80?,81?,82?,83?,84-,85-,86-,87+,88-,89-,90-,91-,94?,95?,96?,97?,98-,99+/m0/s1. The van der Waals surface area contributed by atoms with E-state index in [1.165, 1.54) is 13.8 Å². The highest BCUT2D eigenvalue weighted by Crippen LogP contribution is 2.76. The first kappa shape index (κ1) is 113. The molecule has 0 aromatic heterocycles. The molecule has 1 amide bonds. The number of aliphatic hydroxyl groups excluding tert-OH is 19. The summed E-state index contributed by atoms with van der Waals surface area (Å²) in [6.07, 6.45) is -53.0. The number of aldehydes is 1. The molecule has 0 radical (unpaired) electrons. The van der Waals surface area contributed by atoms with Crippen LogP contribution in [0.3, 0.4) is 0 Å². The third-order valence-corrected chi connectivity index (χ3v) is 34.5. The fourth-order valence-electron chi connectivity index (χ4n) is 25.1. The van der Waals surface area contributed by atoms with Crippen LogP contribution in [0, 0.1) is 68.0 Å². The molecule has 43 nitrogen and oxygen atoms in total. The lowest BCUT2D eigenvalue weighted by Crippen LogP contribution is -2.69. The van der Waals surface area contributed by atoms with Gasteiger partial charge in [0.15, 0.2) is 50.1 Å². The van der Waals surface area contributed by atoms with E-state index in [2.05, 4.69) is 46.0 Å². The number of nitrogens with one attached hydrogen (secondary N) is 1. The van der Waals surface area contributed by atoms with E-state index in [1.807, 2.05) is 45.9 Å². The first-order valence-electron chi connectivity index (χ1n) is 50.7. The predicted molar refractivity (Wildman–Crippen MR) is 486 cm³/mol. The highest BCUT2D eigenvalue weighted by atomic mass is 16.8. The summed E-state index contributed by atoms with van der Waals surface area (Å²) in [7, 11) is 0. The summed E-state index contributed by atoms with van der Waals surface area (Å²) in [4.78, 5) is 59.2. The summed E-state index contributed by atoms with van der Waals surface area (Å²) in [5.41, 5.74) is -5.94. The monoisotopic (exact) mass is 2030 g/mol. The van der Waals surface area contributed by atoms with Crippen molar-refractivity contribution in [2.45, 2.75) is 432 Å². The molecule has 810 valence electrons. The molecule has 50 atom stereocenters. The molecule has 0 spiro atoms. The Bertz CT molecular complexity index is 4320. The van der Waals surface area contributed by atoms with Gasteiger partial charge < -0.3 is 198 Å². The third-order valence-electron chi connectivity index (χ3n) is 34.5. The third kappa shape index (κ3) is 22.6. The number of esters is 2. The Balaban J connectivity index is 0.695. The maximum Gasteiger partial charge on any atom is 0.317 e. The summed E-state index contributed by atoms with van der Waals surface area (Å²) >= 11 is 0. The van der Waals surface area contributed by atoms with Crippen LogP contribution in [-0.2, 0) is 111 Å².